The first-order chi connectivity index (χ1) is 13.9. The van der Waals surface area contributed by atoms with Crippen molar-refractivity contribution in [2.24, 2.45) is 0 Å². The molecule has 0 saturated carbocycles. The van der Waals surface area contributed by atoms with Crippen molar-refractivity contribution in [3.8, 4) is 10.6 Å². The highest BCUT2D eigenvalue weighted by atomic mass is 32.1. The largest absolute Gasteiger partial charge is 0.322 e. The highest BCUT2D eigenvalue weighted by Gasteiger charge is 2.18. The van der Waals surface area contributed by atoms with Crippen LogP contribution in [0.4, 0.5) is 15.8 Å². The van der Waals surface area contributed by atoms with Gasteiger partial charge < -0.3 is 5.32 Å². The number of hydrogen-bond acceptors (Lipinski definition) is 5. The van der Waals surface area contributed by atoms with Crippen LogP contribution < -0.4 is 5.32 Å². The molecule has 4 rings (SSSR count). The van der Waals surface area contributed by atoms with Gasteiger partial charge in [0, 0.05) is 23.4 Å². The van der Waals surface area contributed by atoms with Crippen LogP contribution in [-0.2, 0) is 0 Å². The Hall–Kier alpha value is -3.65. The Labute approximate surface area is 168 Å². The highest BCUT2D eigenvalue weighted by Crippen LogP contribution is 2.32. The number of nitro groups is 1. The molecule has 1 amide bonds. The van der Waals surface area contributed by atoms with Crippen molar-refractivity contribution in [1.82, 2.24) is 4.98 Å². The highest BCUT2D eigenvalue weighted by molar-refractivity contribution is 7.21. The van der Waals surface area contributed by atoms with Crippen molar-refractivity contribution in [2.75, 3.05) is 5.32 Å². The lowest BCUT2D eigenvalue weighted by Gasteiger charge is -2.10. The van der Waals surface area contributed by atoms with Crippen molar-refractivity contribution in [3.63, 3.8) is 0 Å². The number of nitrogens with one attached hydrogen (secondary N) is 1. The first kappa shape index (κ1) is 18.7. The van der Waals surface area contributed by atoms with Crippen LogP contribution in [0.3, 0.4) is 0 Å². The van der Waals surface area contributed by atoms with E-state index in [1.54, 1.807) is 6.07 Å². The third-order valence-electron chi connectivity index (χ3n) is 4.43. The van der Waals surface area contributed by atoms with Gasteiger partial charge in [-0.1, -0.05) is 24.3 Å². The Kier molecular flexibility index (Phi) is 4.77. The molecule has 6 nitrogen and oxygen atoms in total. The summed E-state index contributed by atoms with van der Waals surface area (Å²) in [6.07, 6.45) is 0. The molecule has 0 aliphatic carbocycles. The molecule has 0 bridgehead atoms. The van der Waals surface area contributed by atoms with Crippen LogP contribution in [0.2, 0.25) is 0 Å². The van der Waals surface area contributed by atoms with Gasteiger partial charge in [-0.05, 0) is 36.8 Å². The summed E-state index contributed by atoms with van der Waals surface area (Å²) in [5, 5.41) is 14.4. The standard InChI is InChI=1S/C21H14FN3O3S/c1-12-6-7-13(21-24-17-4-2-3-5-19(17)29-21)10-18(12)23-20(26)15-11-14(25(27)28)8-9-16(15)22/h2-11H,1H3,(H,23,26). The molecule has 29 heavy (non-hydrogen) atoms. The number of rotatable bonds is 4. The van der Waals surface area contributed by atoms with E-state index in [9.17, 15) is 19.3 Å². The fraction of sp³-hybridized carbons (Fsp3) is 0.0476. The average molecular weight is 407 g/mol. The first-order valence-electron chi connectivity index (χ1n) is 8.64. The van der Waals surface area contributed by atoms with Gasteiger partial charge in [0.1, 0.15) is 10.8 Å². The van der Waals surface area contributed by atoms with Crippen molar-refractivity contribution < 1.29 is 14.1 Å². The lowest BCUT2D eigenvalue weighted by molar-refractivity contribution is -0.384. The molecule has 0 unspecified atom stereocenters. The van der Waals surface area contributed by atoms with E-state index in [0.717, 1.165) is 44.6 Å². The molecule has 0 spiro atoms. The number of aryl methyl sites for hydroxylation is 1. The number of non-ortho nitro benzene ring substituents is 1. The van der Waals surface area contributed by atoms with Crippen molar-refractivity contribution in [2.45, 2.75) is 6.92 Å². The Morgan fingerprint density at radius 3 is 2.69 bits per heavy atom. The van der Waals surface area contributed by atoms with Gasteiger partial charge in [0.15, 0.2) is 0 Å². The Balaban J connectivity index is 1.67. The van der Waals surface area contributed by atoms with E-state index >= 15 is 0 Å². The number of thiazole rings is 1. The zero-order valence-corrected chi connectivity index (χ0v) is 16.0. The fourth-order valence-corrected chi connectivity index (χ4v) is 3.84. The van der Waals surface area contributed by atoms with Gasteiger partial charge in [0.2, 0.25) is 0 Å². The molecular formula is C21H14FN3O3S. The molecule has 0 radical (unpaired) electrons. The molecule has 0 aliphatic heterocycles. The van der Waals surface area contributed by atoms with Crippen molar-refractivity contribution in [3.05, 3.63) is 87.7 Å². The molecule has 1 heterocycles. The predicted octanol–water partition coefficient (Wildman–Crippen LogP) is 5.57. The zero-order valence-electron chi connectivity index (χ0n) is 15.2. The topological polar surface area (TPSA) is 85.1 Å². The minimum absolute atomic E-state index is 0.350. The molecule has 0 atom stereocenters. The fourth-order valence-electron chi connectivity index (χ4n) is 2.88. The molecule has 0 aliphatic rings. The monoisotopic (exact) mass is 407 g/mol. The number of carbonyl (C=O) groups excluding carboxylic acids is 1. The molecule has 3 aromatic carbocycles. The van der Waals surface area contributed by atoms with Gasteiger partial charge in [-0.3, -0.25) is 14.9 Å². The van der Waals surface area contributed by atoms with E-state index in [1.165, 1.54) is 11.3 Å². The molecule has 144 valence electrons. The van der Waals surface area contributed by atoms with Crippen molar-refractivity contribution in [1.29, 1.82) is 0 Å². The number of anilines is 1. The minimum Gasteiger partial charge on any atom is -0.322 e. The Bertz CT molecular complexity index is 1240. The summed E-state index contributed by atoms with van der Waals surface area (Å²) in [5.74, 6) is -1.58. The van der Waals surface area contributed by atoms with Crippen LogP contribution in [-0.4, -0.2) is 15.8 Å². The second kappa shape index (κ2) is 7.40. The van der Waals surface area contributed by atoms with Crippen LogP contribution in [0.5, 0.6) is 0 Å². The van der Waals surface area contributed by atoms with Crippen LogP contribution in [0.25, 0.3) is 20.8 Å². The van der Waals surface area contributed by atoms with E-state index in [-0.39, 0.29) is 11.3 Å². The quantitative estimate of drug-likeness (QED) is 0.354. The van der Waals surface area contributed by atoms with E-state index < -0.39 is 16.6 Å². The molecule has 0 fully saturated rings. The normalized spacial score (nSPS) is 10.8. The first-order valence-corrected chi connectivity index (χ1v) is 9.46. The van der Waals surface area contributed by atoms with E-state index in [2.05, 4.69) is 10.3 Å². The molecule has 1 aromatic heterocycles. The van der Waals surface area contributed by atoms with Gasteiger partial charge in [-0.15, -0.1) is 11.3 Å². The number of fused-ring (bicyclic) bond motifs is 1. The number of carbonyl (C=O) groups is 1. The Morgan fingerprint density at radius 2 is 1.93 bits per heavy atom. The second-order valence-corrected chi connectivity index (χ2v) is 7.42. The second-order valence-electron chi connectivity index (χ2n) is 6.39. The van der Waals surface area contributed by atoms with Crippen LogP contribution in [0, 0.1) is 22.9 Å². The van der Waals surface area contributed by atoms with Gasteiger partial charge in [0.05, 0.1) is 20.7 Å². The minimum atomic E-state index is -0.826. The number of amides is 1. The molecule has 8 heteroatoms. The van der Waals surface area contributed by atoms with Gasteiger partial charge in [-0.2, -0.15) is 0 Å². The maximum Gasteiger partial charge on any atom is 0.270 e. The van der Waals surface area contributed by atoms with Crippen LogP contribution in [0.1, 0.15) is 15.9 Å². The molecular weight excluding hydrogens is 393 g/mol. The van der Waals surface area contributed by atoms with Crippen molar-refractivity contribution >= 4 is 38.8 Å². The summed E-state index contributed by atoms with van der Waals surface area (Å²) < 4.78 is 15.1. The predicted molar refractivity (Wildman–Crippen MR) is 111 cm³/mol. The number of nitro benzene ring substituents is 1. The van der Waals surface area contributed by atoms with E-state index in [1.807, 2.05) is 43.3 Å². The smallest absolute Gasteiger partial charge is 0.270 e. The number of aromatic nitrogens is 1. The molecule has 0 saturated heterocycles. The third kappa shape index (κ3) is 3.70. The lowest BCUT2D eigenvalue weighted by atomic mass is 10.1. The summed E-state index contributed by atoms with van der Waals surface area (Å²) in [7, 11) is 0. The average Bonchev–Trinajstić information content (AvgIpc) is 3.14. The number of nitrogens with zero attached hydrogens (tertiary/aromatic N) is 2. The molecule has 1 N–H and O–H groups in total. The van der Waals surface area contributed by atoms with Gasteiger partial charge in [0.25, 0.3) is 11.6 Å². The van der Waals surface area contributed by atoms with Gasteiger partial charge in [-0.25, -0.2) is 9.37 Å². The molecule has 4 aromatic rings. The van der Waals surface area contributed by atoms with Gasteiger partial charge >= 0.3 is 0 Å². The lowest BCUT2D eigenvalue weighted by Crippen LogP contribution is -2.15. The SMILES string of the molecule is Cc1ccc(-c2nc3ccccc3s2)cc1NC(=O)c1cc([N+](=O)[O-])ccc1F. The number of halogens is 1. The third-order valence-corrected chi connectivity index (χ3v) is 5.52. The summed E-state index contributed by atoms with van der Waals surface area (Å²) in [6, 6.07) is 16.1. The Morgan fingerprint density at radius 1 is 1.14 bits per heavy atom. The number of hydrogen-bond donors (Lipinski definition) is 1. The summed E-state index contributed by atoms with van der Waals surface area (Å²) >= 11 is 1.53. The van der Waals surface area contributed by atoms with Crippen LogP contribution in [0.15, 0.2) is 60.7 Å². The zero-order chi connectivity index (χ0) is 20.5. The van der Waals surface area contributed by atoms with Crippen LogP contribution >= 0.6 is 11.3 Å². The summed E-state index contributed by atoms with van der Waals surface area (Å²) in [5.41, 5.74) is 2.22. The maximum absolute atomic E-state index is 14.1. The summed E-state index contributed by atoms with van der Waals surface area (Å²) in [4.78, 5) is 27.4. The summed E-state index contributed by atoms with van der Waals surface area (Å²) in [6.45, 7) is 1.81. The maximum atomic E-state index is 14.1. The van der Waals surface area contributed by atoms with E-state index in [0.29, 0.717) is 5.69 Å². The number of para-hydroxylation sites is 1. The number of benzene rings is 3. The van der Waals surface area contributed by atoms with E-state index in [4.69, 9.17) is 0 Å².